The molecule has 0 radical (unpaired) electrons. The minimum Gasteiger partial charge on any atom is -0.337 e. The highest BCUT2D eigenvalue weighted by Crippen LogP contribution is 2.32. The molecular formula is C22H21ClFN5OS. The van der Waals surface area contributed by atoms with Crippen LogP contribution in [0.5, 0.6) is 0 Å². The highest BCUT2D eigenvalue weighted by Gasteiger charge is 2.30. The molecule has 6 nitrogen and oxygen atoms in total. The fourth-order valence-corrected chi connectivity index (χ4v) is 3.75. The van der Waals surface area contributed by atoms with Crippen molar-refractivity contribution in [3.05, 3.63) is 59.4 Å². The van der Waals surface area contributed by atoms with Gasteiger partial charge in [0.05, 0.1) is 22.5 Å². The number of nitrogens with one attached hydrogen (secondary N) is 1. The van der Waals surface area contributed by atoms with E-state index in [1.807, 2.05) is 13.8 Å². The average Bonchev–Trinajstić information content (AvgIpc) is 3.16. The van der Waals surface area contributed by atoms with Gasteiger partial charge in [-0.05, 0) is 37.1 Å². The molecule has 2 aromatic carbocycles. The lowest BCUT2D eigenvalue weighted by molar-refractivity contribution is -0.120. The Hall–Kier alpha value is -2.89. The normalized spacial score (nSPS) is 12.9. The summed E-state index contributed by atoms with van der Waals surface area (Å²) in [6.45, 7) is 5.40. The summed E-state index contributed by atoms with van der Waals surface area (Å²) in [6.07, 6.45) is 0. The highest BCUT2D eigenvalue weighted by atomic mass is 35.5. The fourth-order valence-electron chi connectivity index (χ4n) is 2.79. The van der Waals surface area contributed by atoms with Crippen LogP contribution in [-0.2, 0) is 4.79 Å². The summed E-state index contributed by atoms with van der Waals surface area (Å²) in [5.74, 6) is -0.508. The summed E-state index contributed by atoms with van der Waals surface area (Å²) in [7, 11) is 0. The molecule has 0 fully saturated rings. The largest absolute Gasteiger partial charge is 0.337 e. The van der Waals surface area contributed by atoms with E-state index in [2.05, 4.69) is 21.6 Å². The zero-order valence-electron chi connectivity index (χ0n) is 17.3. The van der Waals surface area contributed by atoms with Crippen LogP contribution in [0.1, 0.15) is 20.8 Å². The number of hydrogen-bond acceptors (Lipinski definition) is 5. The van der Waals surface area contributed by atoms with E-state index in [1.165, 1.54) is 6.07 Å². The molecule has 1 N–H and O–H groups in total. The summed E-state index contributed by atoms with van der Waals surface area (Å²) >= 11 is 7.44. The third-order valence-corrected chi connectivity index (χ3v) is 6.22. The average molecular weight is 458 g/mol. The number of benzene rings is 2. The van der Waals surface area contributed by atoms with Gasteiger partial charge < -0.3 is 5.32 Å². The van der Waals surface area contributed by atoms with Crippen LogP contribution in [0.2, 0.25) is 5.02 Å². The van der Waals surface area contributed by atoms with Crippen LogP contribution in [-0.4, -0.2) is 32.0 Å². The van der Waals surface area contributed by atoms with Crippen molar-refractivity contribution in [1.82, 2.24) is 20.1 Å². The Morgan fingerprint density at radius 2 is 1.94 bits per heavy atom. The number of halogens is 2. The van der Waals surface area contributed by atoms with Crippen LogP contribution in [0, 0.1) is 23.1 Å². The third kappa shape index (κ3) is 4.89. The Morgan fingerprint density at radius 1 is 1.26 bits per heavy atom. The molecule has 0 aliphatic heterocycles. The second-order valence-electron chi connectivity index (χ2n) is 7.38. The molecule has 0 saturated heterocycles. The number of hydrogen-bond donors (Lipinski definition) is 1. The number of amides is 1. The van der Waals surface area contributed by atoms with Gasteiger partial charge in [0, 0.05) is 5.56 Å². The van der Waals surface area contributed by atoms with E-state index in [4.69, 9.17) is 11.6 Å². The zero-order chi connectivity index (χ0) is 22.6. The molecule has 3 rings (SSSR count). The molecule has 1 heterocycles. The van der Waals surface area contributed by atoms with E-state index in [0.29, 0.717) is 21.6 Å². The van der Waals surface area contributed by atoms with Crippen LogP contribution in [0.3, 0.4) is 0 Å². The van der Waals surface area contributed by atoms with Crippen molar-refractivity contribution in [2.75, 3.05) is 5.75 Å². The molecule has 0 aliphatic carbocycles. The first-order valence-electron chi connectivity index (χ1n) is 9.57. The van der Waals surface area contributed by atoms with Crippen LogP contribution in [0.15, 0.2) is 53.7 Å². The molecule has 0 saturated carbocycles. The summed E-state index contributed by atoms with van der Waals surface area (Å²) in [4.78, 5) is 12.5. The van der Waals surface area contributed by atoms with Crippen LogP contribution >= 0.6 is 23.4 Å². The second-order valence-corrected chi connectivity index (χ2v) is 8.73. The first-order chi connectivity index (χ1) is 14.8. The van der Waals surface area contributed by atoms with Gasteiger partial charge in [0.1, 0.15) is 11.4 Å². The van der Waals surface area contributed by atoms with Gasteiger partial charge in [0.25, 0.3) is 0 Å². The molecule has 3 aromatic rings. The second kappa shape index (κ2) is 9.50. The number of carbonyl (C=O) groups is 1. The molecule has 0 bridgehead atoms. The van der Waals surface area contributed by atoms with E-state index in [-0.39, 0.29) is 23.3 Å². The molecule has 160 valence electrons. The van der Waals surface area contributed by atoms with E-state index < -0.39 is 11.4 Å². The summed E-state index contributed by atoms with van der Waals surface area (Å²) < 4.78 is 16.2. The number of carbonyl (C=O) groups excluding carboxylic acids is 1. The quantitative estimate of drug-likeness (QED) is 0.511. The first kappa shape index (κ1) is 22.8. The number of thioether (sulfide) groups is 1. The molecule has 9 heteroatoms. The van der Waals surface area contributed by atoms with Crippen LogP contribution in [0.4, 0.5) is 4.39 Å². The highest BCUT2D eigenvalue weighted by molar-refractivity contribution is 7.99. The Bertz CT molecular complexity index is 1140. The number of nitriles is 1. The molecule has 31 heavy (non-hydrogen) atoms. The molecule has 0 aliphatic rings. The van der Waals surface area contributed by atoms with Crippen molar-refractivity contribution < 1.29 is 9.18 Å². The van der Waals surface area contributed by atoms with Crippen molar-refractivity contribution >= 4 is 29.3 Å². The molecule has 1 amide bonds. The molecule has 1 aromatic heterocycles. The predicted octanol–water partition coefficient (Wildman–Crippen LogP) is 4.87. The zero-order valence-corrected chi connectivity index (χ0v) is 18.8. The van der Waals surface area contributed by atoms with Crippen LogP contribution in [0.25, 0.3) is 17.1 Å². The lowest BCUT2D eigenvalue weighted by atomic mass is 9.90. The SMILES string of the molecule is CC(C)C(C)(C#N)NC(=O)CSc1nnc(-c2ccccc2Cl)n1-c1ccccc1F. The number of aromatic nitrogens is 3. The maximum Gasteiger partial charge on any atom is 0.231 e. The third-order valence-electron chi connectivity index (χ3n) is 4.96. The van der Waals surface area contributed by atoms with Crippen LogP contribution < -0.4 is 5.32 Å². The molecule has 0 spiro atoms. The van der Waals surface area contributed by atoms with Crippen molar-refractivity contribution in [3.8, 4) is 23.1 Å². The van der Waals surface area contributed by atoms with Gasteiger partial charge >= 0.3 is 0 Å². The van der Waals surface area contributed by atoms with E-state index in [0.717, 1.165) is 11.8 Å². The summed E-state index contributed by atoms with van der Waals surface area (Å²) in [6, 6.07) is 15.5. The minimum absolute atomic E-state index is 0.0148. The van der Waals surface area contributed by atoms with Crippen molar-refractivity contribution in [2.24, 2.45) is 5.92 Å². The number of nitrogens with zero attached hydrogens (tertiary/aromatic N) is 4. The van der Waals surface area contributed by atoms with Gasteiger partial charge in [-0.1, -0.05) is 61.5 Å². The lowest BCUT2D eigenvalue weighted by Crippen LogP contribution is -2.49. The number of rotatable bonds is 7. The van der Waals surface area contributed by atoms with Gasteiger partial charge in [-0.2, -0.15) is 5.26 Å². The van der Waals surface area contributed by atoms with Gasteiger partial charge in [0.15, 0.2) is 11.0 Å². The Labute approximate surface area is 189 Å². The summed E-state index contributed by atoms with van der Waals surface area (Å²) in [5, 5.41) is 21.4. The molecular weight excluding hydrogens is 437 g/mol. The van der Waals surface area contributed by atoms with E-state index in [1.54, 1.807) is 54.0 Å². The summed E-state index contributed by atoms with van der Waals surface area (Å²) in [5.41, 5.74) is -0.151. The van der Waals surface area contributed by atoms with Crippen molar-refractivity contribution in [3.63, 3.8) is 0 Å². The van der Waals surface area contributed by atoms with Gasteiger partial charge in [-0.15, -0.1) is 10.2 Å². The predicted molar refractivity (Wildman–Crippen MR) is 119 cm³/mol. The van der Waals surface area contributed by atoms with Gasteiger partial charge in [-0.25, -0.2) is 4.39 Å². The fraction of sp³-hybridized carbons (Fsp3) is 0.273. The number of para-hydroxylation sites is 1. The van der Waals surface area contributed by atoms with Crippen molar-refractivity contribution in [1.29, 1.82) is 5.26 Å². The Morgan fingerprint density at radius 3 is 2.58 bits per heavy atom. The van der Waals surface area contributed by atoms with Gasteiger partial charge in [0.2, 0.25) is 5.91 Å². The Balaban J connectivity index is 1.95. The van der Waals surface area contributed by atoms with E-state index in [9.17, 15) is 14.4 Å². The standard InChI is InChI=1S/C22H21ClFN5OS/c1-14(2)22(3,13-25)26-19(30)12-31-21-28-27-20(15-8-4-5-9-16(15)23)29(21)18-11-7-6-10-17(18)24/h4-11,14H,12H2,1-3H3,(H,26,30). The Kier molecular flexibility index (Phi) is 6.98. The maximum atomic E-state index is 14.7. The van der Waals surface area contributed by atoms with Gasteiger partial charge in [-0.3, -0.25) is 9.36 Å². The lowest BCUT2D eigenvalue weighted by Gasteiger charge is -2.27. The molecule has 1 unspecified atom stereocenters. The minimum atomic E-state index is -0.987. The molecule has 1 atom stereocenters. The maximum absolute atomic E-state index is 14.7. The topological polar surface area (TPSA) is 83.6 Å². The monoisotopic (exact) mass is 457 g/mol. The smallest absolute Gasteiger partial charge is 0.231 e. The first-order valence-corrected chi connectivity index (χ1v) is 10.9. The van der Waals surface area contributed by atoms with Crippen molar-refractivity contribution in [2.45, 2.75) is 31.5 Å². The van der Waals surface area contributed by atoms with E-state index >= 15 is 0 Å².